The van der Waals surface area contributed by atoms with Crippen molar-refractivity contribution < 1.29 is 8.63 Å². The molecular formula is C10H13BF2. The van der Waals surface area contributed by atoms with Crippen LogP contribution in [0.25, 0.3) is 0 Å². The standard InChI is InChI=1S/C10H13BF2/c1-2-3-4-9-5-7-10(8-6-9)11(12)13/h5-8H,2-4H2,1H3. The van der Waals surface area contributed by atoms with Gasteiger partial charge in [0.05, 0.1) is 0 Å². The van der Waals surface area contributed by atoms with Crippen molar-refractivity contribution in [1.29, 1.82) is 0 Å². The molecule has 0 bridgehead atoms. The molecule has 0 spiro atoms. The van der Waals surface area contributed by atoms with Gasteiger partial charge in [0.25, 0.3) is 0 Å². The van der Waals surface area contributed by atoms with Crippen molar-refractivity contribution in [3.8, 4) is 0 Å². The van der Waals surface area contributed by atoms with Crippen LogP contribution in [0.4, 0.5) is 8.63 Å². The highest BCUT2D eigenvalue weighted by atomic mass is 19.2. The third-order valence-corrected chi connectivity index (χ3v) is 2.05. The molecule has 0 radical (unpaired) electrons. The first-order valence-electron chi connectivity index (χ1n) is 4.61. The van der Waals surface area contributed by atoms with Crippen LogP contribution in [-0.2, 0) is 6.42 Å². The highest BCUT2D eigenvalue weighted by molar-refractivity contribution is 6.59. The van der Waals surface area contributed by atoms with Gasteiger partial charge in [0.2, 0.25) is 0 Å². The molecule has 0 atom stereocenters. The molecule has 0 aliphatic carbocycles. The average Bonchev–Trinajstić information content (AvgIpc) is 2.15. The summed E-state index contributed by atoms with van der Waals surface area (Å²) in [6, 6.07) is 6.60. The second kappa shape index (κ2) is 5.00. The Morgan fingerprint density at radius 1 is 1.15 bits per heavy atom. The zero-order valence-corrected chi connectivity index (χ0v) is 7.76. The van der Waals surface area contributed by atoms with Gasteiger partial charge in [-0.05, 0) is 23.9 Å². The Morgan fingerprint density at radius 3 is 2.23 bits per heavy atom. The minimum atomic E-state index is -2.35. The van der Waals surface area contributed by atoms with Crippen LogP contribution in [0, 0.1) is 0 Å². The molecule has 0 aliphatic rings. The molecule has 0 saturated carbocycles. The zero-order valence-electron chi connectivity index (χ0n) is 7.76. The van der Waals surface area contributed by atoms with Crippen LogP contribution >= 0.6 is 0 Å². The number of benzene rings is 1. The van der Waals surface area contributed by atoms with Crippen LogP contribution in [0.15, 0.2) is 24.3 Å². The quantitative estimate of drug-likeness (QED) is 0.628. The topological polar surface area (TPSA) is 0 Å². The summed E-state index contributed by atoms with van der Waals surface area (Å²) in [5.74, 6) is 0. The Morgan fingerprint density at radius 2 is 1.77 bits per heavy atom. The van der Waals surface area contributed by atoms with E-state index >= 15 is 0 Å². The van der Waals surface area contributed by atoms with E-state index in [9.17, 15) is 8.63 Å². The summed E-state index contributed by atoms with van der Waals surface area (Å²) in [7, 11) is -2.35. The summed E-state index contributed by atoms with van der Waals surface area (Å²) in [5, 5.41) is 0. The lowest BCUT2D eigenvalue weighted by atomic mass is 9.85. The number of rotatable bonds is 4. The van der Waals surface area contributed by atoms with E-state index in [0.29, 0.717) is 0 Å². The largest absolute Gasteiger partial charge is 0.571 e. The normalized spacial score (nSPS) is 10.1. The first kappa shape index (κ1) is 10.2. The van der Waals surface area contributed by atoms with Crippen molar-refractivity contribution in [2.75, 3.05) is 0 Å². The molecule has 0 aliphatic heterocycles. The van der Waals surface area contributed by atoms with Crippen LogP contribution in [0.5, 0.6) is 0 Å². The van der Waals surface area contributed by atoms with Crippen molar-refractivity contribution in [3.05, 3.63) is 29.8 Å². The molecule has 1 rings (SSSR count). The monoisotopic (exact) mass is 182 g/mol. The second-order valence-electron chi connectivity index (χ2n) is 3.15. The fourth-order valence-corrected chi connectivity index (χ4v) is 1.21. The first-order valence-corrected chi connectivity index (χ1v) is 4.61. The van der Waals surface area contributed by atoms with Gasteiger partial charge >= 0.3 is 7.27 Å². The van der Waals surface area contributed by atoms with Crippen LogP contribution in [0.1, 0.15) is 25.3 Å². The summed E-state index contributed by atoms with van der Waals surface area (Å²) in [6.07, 6.45) is 3.24. The predicted octanol–water partition coefficient (Wildman–Crippen LogP) is 2.66. The predicted molar refractivity (Wildman–Crippen MR) is 52.7 cm³/mol. The van der Waals surface area contributed by atoms with E-state index in [2.05, 4.69) is 6.92 Å². The molecule has 0 nitrogen and oxygen atoms in total. The Kier molecular flexibility index (Phi) is 3.93. The van der Waals surface area contributed by atoms with Gasteiger partial charge in [-0.1, -0.05) is 37.6 Å². The number of hydrogen-bond donors (Lipinski definition) is 0. The molecule has 13 heavy (non-hydrogen) atoms. The SMILES string of the molecule is CCCCc1ccc(B(F)F)cc1. The van der Waals surface area contributed by atoms with Gasteiger partial charge in [-0.2, -0.15) is 0 Å². The van der Waals surface area contributed by atoms with Crippen molar-refractivity contribution in [1.82, 2.24) is 0 Å². The molecule has 0 amide bonds. The maximum absolute atomic E-state index is 12.2. The Bertz CT molecular complexity index is 244. The third kappa shape index (κ3) is 3.17. The van der Waals surface area contributed by atoms with Gasteiger partial charge in [-0.25, -0.2) is 0 Å². The lowest BCUT2D eigenvalue weighted by Crippen LogP contribution is -2.19. The summed E-state index contributed by atoms with van der Waals surface area (Å²) in [5.41, 5.74) is 1.26. The summed E-state index contributed by atoms with van der Waals surface area (Å²) in [6.45, 7) is 2.12. The van der Waals surface area contributed by atoms with Crippen LogP contribution in [0.3, 0.4) is 0 Å². The lowest BCUT2D eigenvalue weighted by molar-refractivity contribution is 0.685. The van der Waals surface area contributed by atoms with E-state index in [0.717, 1.165) is 24.8 Å². The molecule has 1 aromatic carbocycles. The van der Waals surface area contributed by atoms with E-state index in [4.69, 9.17) is 0 Å². The molecule has 0 unspecified atom stereocenters. The number of aryl methyl sites for hydroxylation is 1. The molecule has 70 valence electrons. The maximum Gasteiger partial charge on any atom is 0.571 e. The minimum Gasteiger partial charge on any atom is -0.281 e. The molecule has 0 saturated heterocycles. The fraction of sp³-hybridized carbons (Fsp3) is 0.400. The van der Waals surface area contributed by atoms with Gasteiger partial charge < -0.3 is 0 Å². The zero-order chi connectivity index (χ0) is 9.68. The lowest BCUT2D eigenvalue weighted by Gasteiger charge is -2.00. The van der Waals surface area contributed by atoms with Crippen molar-refractivity contribution >= 4 is 12.7 Å². The Labute approximate surface area is 78.1 Å². The average molecular weight is 182 g/mol. The van der Waals surface area contributed by atoms with E-state index in [-0.39, 0.29) is 5.46 Å². The van der Waals surface area contributed by atoms with Crippen LogP contribution in [0.2, 0.25) is 0 Å². The minimum absolute atomic E-state index is 0.111. The second-order valence-corrected chi connectivity index (χ2v) is 3.15. The van der Waals surface area contributed by atoms with Crippen molar-refractivity contribution in [2.24, 2.45) is 0 Å². The Hall–Kier alpha value is -0.855. The molecule has 0 N–H and O–H groups in total. The molecular weight excluding hydrogens is 169 g/mol. The smallest absolute Gasteiger partial charge is 0.281 e. The highest BCUT2D eigenvalue weighted by Gasteiger charge is 2.14. The molecule has 1 aromatic rings. The third-order valence-electron chi connectivity index (χ3n) is 2.05. The van der Waals surface area contributed by atoms with Gasteiger partial charge in [-0.3, -0.25) is 8.63 Å². The van der Waals surface area contributed by atoms with Crippen LogP contribution in [-0.4, -0.2) is 7.27 Å². The number of hydrogen-bond acceptors (Lipinski definition) is 0. The van der Waals surface area contributed by atoms with Gasteiger partial charge in [-0.15, -0.1) is 0 Å². The summed E-state index contributed by atoms with van der Waals surface area (Å²) in [4.78, 5) is 0. The van der Waals surface area contributed by atoms with Gasteiger partial charge in [0.1, 0.15) is 0 Å². The number of halogens is 2. The van der Waals surface area contributed by atoms with E-state index < -0.39 is 7.27 Å². The van der Waals surface area contributed by atoms with Gasteiger partial charge in [0, 0.05) is 0 Å². The van der Waals surface area contributed by atoms with E-state index in [1.807, 2.05) is 0 Å². The van der Waals surface area contributed by atoms with E-state index in [1.165, 1.54) is 12.1 Å². The first-order chi connectivity index (χ1) is 6.24. The Balaban J connectivity index is 2.59. The number of unbranched alkanes of at least 4 members (excludes halogenated alkanes) is 1. The van der Waals surface area contributed by atoms with Crippen molar-refractivity contribution in [3.63, 3.8) is 0 Å². The highest BCUT2D eigenvalue weighted by Crippen LogP contribution is 2.04. The molecule has 3 heteroatoms. The molecule has 0 aromatic heterocycles. The summed E-state index contributed by atoms with van der Waals surface area (Å²) < 4.78 is 24.3. The fourth-order valence-electron chi connectivity index (χ4n) is 1.21. The maximum atomic E-state index is 12.2. The van der Waals surface area contributed by atoms with Crippen LogP contribution < -0.4 is 5.46 Å². The van der Waals surface area contributed by atoms with Gasteiger partial charge in [0.15, 0.2) is 0 Å². The summed E-state index contributed by atoms with van der Waals surface area (Å²) >= 11 is 0. The molecule has 0 heterocycles. The van der Waals surface area contributed by atoms with E-state index in [1.54, 1.807) is 12.1 Å². The van der Waals surface area contributed by atoms with Crippen molar-refractivity contribution in [2.45, 2.75) is 26.2 Å². The molecule has 0 fully saturated rings.